The van der Waals surface area contributed by atoms with Gasteiger partial charge in [0.05, 0.1) is 6.42 Å². The zero-order valence-corrected chi connectivity index (χ0v) is 10.8. The van der Waals surface area contributed by atoms with Gasteiger partial charge in [0.2, 0.25) is 0 Å². The highest BCUT2D eigenvalue weighted by molar-refractivity contribution is 7.12. The van der Waals surface area contributed by atoms with Crippen LogP contribution in [0.2, 0.25) is 0 Å². The lowest BCUT2D eigenvalue weighted by atomic mass is 9.82. The molecule has 0 amide bonds. The van der Waals surface area contributed by atoms with Crippen molar-refractivity contribution >= 4 is 17.3 Å². The van der Waals surface area contributed by atoms with Gasteiger partial charge in [0, 0.05) is 15.8 Å². The molecule has 16 heavy (non-hydrogen) atoms. The van der Waals surface area contributed by atoms with Gasteiger partial charge in [0.1, 0.15) is 0 Å². The SMILES string of the molecule is Cc1ccc(C(N)CC(C)(C)CC(=O)O)s1. The third-order valence-electron chi connectivity index (χ3n) is 2.53. The molecule has 3 nitrogen and oxygen atoms in total. The highest BCUT2D eigenvalue weighted by Crippen LogP contribution is 2.33. The second-order valence-corrected chi connectivity index (χ2v) is 6.31. The molecule has 0 aliphatic rings. The van der Waals surface area contributed by atoms with Crippen molar-refractivity contribution in [2.75, 3.05) is 0 Å². The Hall–Kier alpha value is -0.870. The second-order valence-electron chi connectivity index (χ2n) is 4.99. The van der Waals surface area contributed by atoms with Gasteiger partial charge in [0.25, 0.3) is 0 Å². The molecule has 1 atom stereocenters. The smallest absolute Gasteiger partial charge is 0.303 e. The fourth-order valence-electron chi connectivity index (χ4n) is 1.83. The predicted octanol–water partition coefficient (Wildman–Crippen LogP) is 2.95. The number of nitrogens with two attached hydrogens (primary N) is 1. The van der Waals surface area contributed by atoms with Gasteiger partial charge in [-0.25, -0.2) is 0 Å². The van der Waals surface area contributed by atoms with Crippen LogP contribution in [0.3, 0.4) is 0 Å². The molecule has 0 spiro atoms. The maximum atomic E-state index is 10.7. The van der Waals surface area contributed by atoms with E-state index in [9.17, 15) is 4.79 Å². The van der Waals surface area contributed by atoms with Gasteiger partial charge in [-0.05, 0) is 30.9 Å². The maximum Gasteiger partial charge on any atom is 0.303 e. The van der Waals surface area contributed by atoms with Gasteiger partial charge in [-0.15, -0.1) is 11.3 Å². The number of aryl methyl sites for hydroxylation is 1. The fraction of sp³-hybridized carbons (Fsp3) is 0.583. The van der Waals surface area contributed by atoms with Crippen molar-refractivity contribution in [2.24, 2.45) is 11.1 Å². The first-order valence-corrected chi connectivity index (χ1v) is 6.15. The molecule has 0 bridgehead atoms. The van der Waals surface area contributed by atoms with E-state index in [2.05, 4.69) is 0 Å². The van der Waals surface area contributed by atoms with Crippen LogP contribution < -0.4 is 5.73 Å². The van der Waals surface area contributed by atoms with E-state index in [4.69, 9.17) is 10.8 Å². The molecule has 1 rings (SSSR count). The lowest BCUT2D eigenvalue weighted by Crippen LogP contribution is -2.23. The zero-order chi connectivity index (χ0) is 12.3. The van der Waals surface area contributed by atoms with Crippen LogP contribution in [0.25, 0.3) is 0 Å². The van der Waals surface area contributed by atoms with Crippen LogP contribution >= 0.6 is 11.3 Å². The molecule has 1 unspecified atom stereocenters. The van der Waals surface area contributed by atoms with Gasteiger partial charge in [-0.2, -0.15) is 0 Å². The first-order chi connectivity index (χ1) is 7.30. The molecule has 0 saturated heterocycles. The molecule has 1 heterocycles. The summed E-state index contributed by atoms with van der Waals surface area (Å²) in [4.78, 5) is 13.1. The van der Waals surface area contributed by atoms with Gasteiger partial charge in [0.15, 0.2) is 0 Å². The molecule has 0 saturated carbocycles. The number of carboxylic acids is 1. The minimum Gasteiger partial charge on any atom is -0.481 e. The van der Waals surface area contributed by atoms with Crippen LogP contribution in [0.4, 0.5) is 0 Å². The van der Waals surface area contributed by atoms with Crippen LogP contribution in [-0.2, 0) is 4.79 Å². The van der Waals surface area contributed by atoms with Crippen LogP contribution in [0.5, 0.6) is 0 Å². The predicted molar refractivity (Wildman–Crippen MR) is 66.6 cm³/mol. The molecule has 0 aliphatic heterocycles. The standard InChI is InChI=1S/C12H19NO2S/c1-8-4-5-10(16-8)9(13)6-12(2,3)7-11(14)15/h4-5,9H,6-7,13H2,1-3H3,(H,14,15). The first kappa shape index (κ1) is 13.2. The molecule has 1 aromatic rings. The summed E-state index contributed by atoms with van der Waals surface area (Å²) in [5.41, 5.74) is 5.83. The number of thiophene rings is 1. The first-order valence-electron chi connectivity index (χ1n) is 5.34. The van der Waals surface area contributed by atoms with E-state index < -0.39 is 5.97 Å². The summed E-state index contributed by atoms with van der Waals surface area (Å²) in [6, 6.07) is 4.01. The average molecular weight is 241 g/mol. The molecule has 90 valence electrons. The topological polar surface area (TPSA) is 63.3 Å². The van der Waals surface area contributed by atoms with Crippen molar-refractivity contribution in [3.63, 3.8) is 0 Å². The summed E-state index contributed by atoms with van der Waals surface area (Å²) >= 11 is 1.68. The van der Waals surface area contributed by atoms with E-state index in [1.807, 2.05) is 32.9 Å². The summed E-state index contributed by atoms with van der Waals surface area (Å²) < 4.78 is 0. The quantitative estimate of drug-likeness (QED) is 0.833. The fourth-order valence-corrected chi connectivity index (χ4v) is 2.71. The van der Waals surface area contributed by atoms with Crippen molar-refractivity contribution in [3.8, 4) is 0 Å². The van der Waals surface area contributed by atoms with Gasteiger partial charge < -0.3 is 10.8 Å². The van der Waals surface area contributed by atoms with E-state index in [0.29, 0.717) is 6.42 Å². The summed E-state index contributed by atoms with van der Waals surface area (Å²) in [5, 5.41) is 8.80. The number of rotatable bonds is 5. The van der Waals surface area contributed by atoms with Crippen molar-refractivity contribution in [1.82, 2.24) is 0 Å². The minimum atomic E-state index is -0.764. The Labute approximate surface area is 100 Å². The normalized spacial score (nSPS) is 13.8. The Balaban J connectivity index is 2.63. The number of hydrogen-bond donors (Lipinski definition) is 2. The summed E-state index contributed by atoms with van der Waals surface area (Å²) in [7, 11) is 0. The minimum absolute atomic E-state index is 0.0620. The highest BCUT2D eigenvalue weighted by atomic mass is 32.1. The van der Waals surface area contributed by atoms with E-state index in [0.717, 1.165) is 4.88 Å². The number of carboxylic acid groups (broad SMARTS) is 1. The van der Waals surface area contributed by atoms with Crippen LogP contribution in [0, 0.1) is 12.3 Å². The number of carbonyl (C=O) groups is 1. The monoisotopic (exact) mass is 241 g/mol. The Kier molecular flexibility index (Phi) is 4.10. The van der Waals surface area contributed by atoms with Gasteiger partial charge >= 0.3 is 5.97 Å². The van der Waals surface area contributed by atoms with Crippen molar-refractivity contribution < 1.29 is 9.90 Å². The van der Waals surface area contributed by atoms with Gasteiger partial charge in [-0.3, -0.25) is 4.79 Å². The van der Waals surface area contributed by atoms with Crippen molar-refractivity contribution in [3.05, 3.63) is 21.9 Å². The zero-order valence-electron chi connectivity index (χ0n) is 9.99. The third-order valence-corrected chi connectivity index (χ3v) is 3.66. The maximum absolute atomic E-state index is 10.7. The molecular formula is C12H19NO2S. The molecule has 0 aromatic carbocycles. The van der Waals surface area contributed by atoms with Gasteiger partial charge in [-0.1, -0.05) is 13.8 Å². The average Bonchev–Trinajstić information content (AvgIpc) is 2.47. The Morgan fingerprint density at radius 3 is 2.62 bits per heavy atom. The van der Waals surface area contributed by atoms with Crippen LogP contribution in [-0.4, -0.2) is 11.1 Å². The van der Waals surface area contributed by atoms with E-state index in [1.165, 1.54) is 4.88 Å². The summed E-state index contributed by atoms with van der Waals surface area (Å²) in [6.45, 7) is 5.94. The van der Waals surface area contributed by atoms with Crippen LogP contribution in [0.15, 0.2) is 12.1 Å². The lowest BCUT2D eigenvalue weighted by Gasteiger charge is -2.25. The molecule has 0 fully saturated rings. The Bertz CT molecular complexity index is 371. The summed E-state index contributed by atoms with van der Waals surface area (Å²) in [6.07, 6.45) is 0.851. The molecule has 0 aliphatic carbocycles. The highest BCUT2D eigenvalue weighted by Gasteiger charge is 2.25. The third kappa shape index (κ3) is 3.94. The van der Waals surface area contributed by atoms with E-state index in [-0.39, 0.29) is 17.9 Å². The summed E-state index contributed by atoms with van der Waals surface area (Å²) in [5.74, 6) is -0.764. The number of hydrogen-bond acceptors (Lipinski definition) is 3. The molecule has 4 heteroatoms. The molecular weight excluding hydrogens is 222 g/mol. The molecule has 3 N–H and O–H groups in total. The molecule has 0 radical (unpaired) electrons. The van der Waals surface area contributed by atoms with Crippen molar-refractivity contribution in [2.45, 2.75) is 39.7 Å². The Morgan fingerprint density at radius 2 is 2.19 bits per heavy atom. The second kappa shape index (κ2) is 4.97. The van der Waals surface area contributed by atoms with E-state index in [1.54, 1.807) is 11.3 Å². The number of aliphatic carboxylic acids is 1. The Morgan fingerprint density at radius 1 is 1.56 bits per heavy atom. The lowest BCUT2D eigenvalue weighted by molar-refractivity contribution is -0.139. The molecule has 1 aromatic heterocycles. The van der Waals surface area contributed by atoms with E-state index >= 15 is 0 Å². The van der Waals surface area contributed by atoms with Crippen molar-refractivity contribution in [1.29, 1.82) is 0 Å². The van der Waals surface area contributed by atoms with Crippen LogP contribution in [0.1, 0.15) is 42.5 Å². The largest absolute Gasteiger partial charge is 0.481 e.